The van der Waals surface area contributed by atoms with E-state index in [-0.39, 0.29) is 35.5 Å². The van der Waals surface area contributed by atoms with E-state index in [4.69, 9.17) is 14.9 Å². The average molecular weight is 406 g/mol. The van der Waals surface area contributed by atoms with Crippen LogP contribution in [0, 0.1) is 12.8 Å². The topological polar surface area (TPSA) is 121 Å². The molecule has 154 valence electrons. The molecule has 0 spiro atoms. The first-order valence-corrected chi connectivity index (χ1v) is 9.51. The maximum Gasteiger partial charge on any atom is 0.247 e. The molecule has 0 unspecified atom stereocenters. The summed E-state index contributed by atoms with van der Waals surface area (Å²) in [5.74, 6) is 0.160. The molecule has 1 atom stereocenters. The van der Waals surface area contributed by atoms with Gasteiger partial charge >= 0.3 is 0 Å². The first-order valence-electron chi connectivity index (χ1n) is 9.51. The minimum atomic E-state index is -0.190. The molecule has 9 heteroatoms. The number of aryl methyl sites for hydroxylation is 1. The van der Waals surface area contributed by atoms with E-state index in [1.807, 2.05) is 36.6 Å². The van der Waals surface area contributed by atoms with Gasteiger partial charge in [0.15, 0.2) is 17.3 Å². The fourth-order valence-electron chi connectivity index (χ4n) is 3.34. The number of anilines is 1. The minimum Gasteiger partial charge on any atom is -0.443 e. The number of carbonyl (C=O) groups excluding carboxylic acids is 1. The van der Waals surface area contributed by atoms with Crippen molar-refractivity contribution in [1.29, 1.82) is 0 Å². The third-order valence-corrected chi connectivity index (χ3v) is 4.77. The van der Waals surface area contributed by atoms with Crippen molar-refractivity contribution >= 4 is 17.2 Å². The largest absolute Gasteiger partial charge is 0.443 e. The summed E-state index contributed by atoms with van der Waals surface area (Å²) in [7, 11) is 1.60. The fourth-order valence-corrected chi connectivity index (χ4v) is 3.34. The standard InChI is InChI=1S/C21H22N6O3/c1-12(11-29-3)8-15(28)18-20(22)26-19(21-23-6-7-30-21)17(25-18)14-4-5-16-24-9-13(2)27(16)10-14/h4-7,9-10,12H,8,11H2,1-3H3,(H2,22,26)/t12-/m1/s1. The SMILES string of the molecule is COC[C@H](C)CC(=O)c1nc(-c2ccc3ncc(C)n3c2)c(-c2ncco2)nc1N. The Bertz CT molecular complexity index is 1200. The highest BCUT2D eigenvalue weighted by Gasteiger charge is 2.23. The predicted octanol–water partition coefficient (Wildman–Crippen LogP) is 3.19. The van der Waals surface area contributed by atoms with Gasteiger partial charge in [0.1, 0.15) is 23.3 Å². The monoisotopic (exact) mass is 406 g/mol. The Kier molecular flexibility index (Phi) is 5.28. The molecule has 0 aliphatic rings. The summed E-state index contributed by atoms with van der Waals surface area (Å²) in [4.78, 5) is 30.5. The Morgan fingerprint density at radius 3 is 2.83 bits per heavy atom. The molecule has 4 rings (SSSR count). The van der Waals surface area contributed by atoms with Gasteiger partial charge in [-0.1, -0.05) is 6.92 Å². The maximum absolute atomic E-state index is 12.9. The molecule has 9 nitrogen and oxygen atoms in total. The zero-order valence-corrected chi connectivity index (χ0v) is 17.0. The first kappa shape index (κ1) is 19.7. The van der Waals surface area contributed by atoms with Crippen LogP contribution in [0.5, 0.6) is 0 Å². The van der Waals surface area contributed by atoms with Gasteiger partial charge in [0.25, 0.3) is 0 Å². The summed E-state index contributed by atoms with van der Waals surface area (Å²) in [6.45, 7) is 4.36. The van der Waals surface area contributed by atoms with Gasteiger partial charge in [0, 0.05) is 43.8 Å². The lowest BCUT2D eigenvalue weighted by Crippen LogP contribution is -2.15. The molecule has 0 aliphatic heterocycles. The number of ketones is 1. The molecular weight excluding hydrogens is 384 g/mol. The molecule has 2 N–H and O–H groups in total. The lowest BCUT2D eigenvalue weighted by molar-refractivity contribution is 0.0916. The summed E-state index contributed by atoms with van der Waals surface area (Å²) in [6, 6.07) is 3.75. The normalized spacial score (nSPS) is 12.4. The highest BCUT2D eigenvalue weighted by molar-refractivity contribution is 5.99. The Morgan fingerprint density at radius 1 is 1.27 bits per heavy atom. The van der Waals surface area contributed by atoms with Crippen LogP contribution in [0.1, 0.15) is 29.5 Å². The highest BCUT2D eigenvalue weighted by atomic mass is 16.5. The van der Waals surface area contributed by atoms with Crippen LogP contribution in [0.4, 0.5) is 5.82 Å². The highest BCUT2D eigenvalue weighted by Crippen LogP contribution is 2.31. The van der Waals surface area contributed by atoms with Crippen molar-refractivity contribution in [2.24, 2.45) is 5.92 Å². The Hall–Kier alpha value is -3.59. The molecule has 0 fully saturated rings. The van der Waals surface area contributed by atoms with Crippen LogP contribution >= 0.6 is 0 Å². The van der Waals surface area contributed by atoms with Crippen molar-refractivity contribution in [3.63, 3.8) is 0 Å². The van der Waals surface area contributed by atoms with Crippen LogP contribution in [0.25, 0.3) is 28.5 Å². The number of pyridine rings is 1. The second-order valence-corrected chi connectivity index (χ2v) is 7.23. The van der Waals surface area contributed by atoms with Crippen molar-refractivity contribution < 1.29 is 13.9 Å². The lowest BCUT2D eigenvalue weighted by atomic mass is 10.0. The molecule has 4 heterocycles. The van der Waals surface area contributed by atoms with E-state index in [0.717, 1.165) is 16.9 Å². The zero-order chi connectivity index (χ0) is 21.3. The number of ether oxygens (including phenoxy) is 1. The molecule has 4 aromatic rings. The van der Waals surface area contributed by atoms with Crippen molar-refractivity contribution in [2.75, 3.05) is 19.5 Å². The van der Waals surface area contributed by atoms with E-state index in [1.54, 1.807) is 13.3 Å². The van der Waals surface area contributed by atoms with Gasteiger partial charge in [-0.15, -0.1) is 0 Å². The quantitative estimate of drug-likeness (QED) is 0.464. The van der Waals surface area contributed by atoms with E-state index < -0.39 is 0 Å². The van der Waals surface area contributed by atoms with Crippen molar-refractivity contribution in [3.8, 4) is 22.8 Å². The molecule has 0 saturated carbocycles. The Morgan fingerprint density at radius 2 is 2.10 bits per heavy atom. The number of hydrogen-bond acceptors (Lipinski definition) is 8. The van der Waals surface area contributed by atoms with E-state index in [2.05, 4.69) is 19.9 Å². The minimum absolute atomic E-state index is 0.0310. The number of carbonyl (C=O) groups is 1. The van der Waals surface area contributed by atoms with Crippen LogP contribution in [-0.2, 0) is 4.74 Å². The van der Waals surface area contributed by atoms with Gasteiger partial charge in [0.2, 0.25) is 5.89 Å². The summed E-state index contributed by atoms with van der Waals surface area (Å²) in [6.07, 6.45) is 6.91. The molecular formula is C21H22N6O3. The molecule has 0 bridgehead atoms. The third-order valence-electron chi connectivity index (χ3n) is 4.77. The second-order valence-electron chi connectivity index (χ2n) is 7.23. The van der Waals surface area contributed by atoms with Crippen molar-refractivity contribution in [1.82, 2.24) is 24.3 Å². The molecule has 0 aliphatic carbocycles. The molecule has 0 radical (unpaired) electrons. The van der Waals surface area contributed by atoms with Crippen LogP contribution in [0.15, 0.2) is 41.4 Å². The number of nitrogens with zero attached hydrogens (tertiary/aromatic N) is 5. The van der Waals surface area contributed by atoms with E-state index in [1.165, 1.54) is 12.5 Å². The Balaban J connectivity index is 1.85. The van der Waals surface area contributed by atoms with E-state index in [0.29, 0.717) is 18.0 Å². The summed E-state index contributed by atoms with van der Waals surface area (Å²) >= 11 is 0. The number of nitrogens with two attached hydrogens (primary N) is 1. The predicted molar refractivity (Wildman–Crippen MR) is 111 cm³/mol. The number of aromatic nitrogens is 5. The van der Waals surface area contributed by atoms with Gasteiger partial charge in [-0.3, -0.25) is 4.79 Å². The van der Waals surface area contributed by atoms with Gasteiger partial charge in [-0.25, -0.2) is 19.9 Å². The zero-order valence-electron chi connectivity index (χ0n) is 17.0. The number of nitrogen functional groups attached to an aromatic ring is 1. The number of oxazole rings is 1. The number of hydrogen-bond donors (Lipinski definition) is 1. The second kappa shape index (κ2) is 8.03. The van der Waals surface area contributed by atoms with E-state index in [9.17, 15) is 4.79 Å². The van der Waals surface area contributed by atoms with E-state index >= 15 is 0 Å². The van der Waals surface area contributed by atoms with Gasteiger partial charge in [0.05, 0.1) is 6.20 Å². The number of methoxy groups -OCH3 is 1. The van der Waals surface area contributed by atoms with Gasteiger partial charge < -0.3 is 19.3 Å². The molecule has 0 aromatic carbocycles. The van der Waals surface area contributed by atoms with Crippen LogP contribution in [-0.4, -0.2) is 43.8 Å². The van der Waals surface area contributed by atoms with Crippen molar-refractivity contribution in [3.05, 3.63) is 48.4 Å². The molecule has 0 saturated heterocycles. The van der Waals surface area contributed by atoms with Crippen LogP contribution in [0.2, 0.25) is 0 Å². The summed E-state index contributed by atoms with van der Waals surface area (Å²) < 4.78 is 12.5. The Labute approximate surface area is 173 Å². The number of rotatable bonds is 7. The fraction of sp³-hybridized carbons (Fsp3) is 0.286. The smallest absolute Gasteiger partial charge is 0.247 e. The number of fused-ring (bicyclic) bond motifs is 1. The molecule has 30 heavy (non-hydrogen) atoms. The maximum atomic E-state index is 12.9. The number of Topliss-reactive ketones (excluding diaryl/α,β-unsaturated/α-hetero) is 1. The lowest BCUT2D eigenvalue weighted by Gasteiger charge is -2.13. The van der Waals surface area contributed by atoms with Crippen molar-refractivity contribution in [2.45, 2.75) is 20.3 Å². The summed E-state index contributed by atoms with van der Waals surface area (Å²) in [5, 5.41) is 0. The molecule has 0 amide bonds. The summed E-state index contributed by atoms with van der Waals surface area (Å²) in [5.41, 5.74) is 9.59. The van der Waals surface area contributed by atoms with Gasteiger partial charge in [-0.05, 0) is 25.0 Å². The van der Waals surface area contributed by atoms with Crippen LogP contribution in [0.3, 0.4) is 0 Å². The average Bonchev–Trinajstić information content (AvgIpc) is 3.38. The van der Waals surface area contributed by atoms with Gasteiger partial charge in [-0.2, -0.15) is 0 Å². The molecule has 4 aromatic heterocycles. The third kappa shape index (κ3) is 3.67. The number of imidazole rings is 1. The van der Waals surface area contributed by atoms with Crippen LogP contribution < -0.4 is 5.73 Å². The first-order chi connectivity index (χ1) is 14.5.